The smallest absolute Gasteiger partial charge is 1.00 e. The van der Waals surface area contributed by atoms with Gasteiger partial charge in [-0.05, 0) is 24.2 Å². The van der Waals surface area contributed by atoms with Crippen LogP contribution in [0.4, 0.5) is 0 Å². The zero-order valence-corrected chi connectivity index (χ0v) is 26.4. The number of hydrogen-bond acceptors (Lipinski definition) is 0. The first-order valence-corrected chi connectivity index (χ1v) is 13.2. The molecule has 0 aromatic heterocycles. The second-order valence-corrected chi connectivity index (χ2v) is 11.7. The largest absolute Gasteiger partial charge is 4.00 e. The van der Waals surface area contributed by atoms with Crippen molar-refractivity contribution in [2.45, 2.75) is 27.7 Å². The van der Waals surface area contributed by atoms with Crippen molar-refractivity contribution >= 4 is 45.5 Å². The Bertz CT molecular complexity index is 1180. The Kier molecular flexibility index (Phi) is 13.3. The number of fused-ring (bicyclic) bond motifs is 4. The third kappa shape index (κ3) is 7.76. The van der Waals surface area contributed by atoms with Gasteiger partial charge in [0.05, 0.1) is 0 Å². The van der Waals surface area contributed by atoms with Gasteiger partial charge < -0.3 is 24.8 Å². The van der Waals surface area contributed by atoms with Crippen molar-refractivity contribution in [3.63, 3.8) is 0 Å². The summed E-state index contributed by atoms with van der Waals surface area (Å²) >= 11 is 0. The van der Waals surface area contributed by atoms with Crippen LogP contribution >= 0.6 is 7.92 Å². The van der Waals surface area contributed by atoms with Crippen LogP contribution in [0.25, 0.3) is 32.3 Å². The number of halogens is 2. The van der Waals surface area contributed by atoms with Crippen molar-refractivity contribution in [1.82, 2.24) is 0 Å². The third-order valence-corrected chi connectivity index (χ3v) is 8.99. The minimum Gasteiger partial charge on any atom is -1.00 e. The predicted molar refractivity (Wildman–Crippen MR) is 143 cm³/mol. The van der Waals surface area contributed by atoms with Gasteiger partial charge in [0.1, 0.15) is 0 Å². The molecule has 0 unspecified atom stereocenters. The molecule has 0 atom stereocenters. The van der Waals surface area contributed by atoms with Crippen LogP contribution in [0.2, 0.25) is 0 Å². The average molecular weight is 674 g/mol. The van der Waals surface area contributed by atoms with Crippen LogP contribution in [-0.2, 0) is 25.8 Å². The molecule has 0 nitrogen and oxygen atoms in total. The topological polar surface area (TPSA) is 0 Å². The quantitative estimate of drug-likeness (QED) is 0.153. The molecular weight excluding hydrogens is 641 g/mol. The van der Waals surface area contributed by atoms with Crippen LogP contribution in [0.15, 0.2) is 91.0 Å². The molecule has 0 fully saturated rings. The molecule has 0 spiro atoms. The molecule has 5 aromatic carbocycles. The molecule has 0 bridgehead atoms. The standard InChI is InChI=1S/C17H24P.C13H9.2ClH.Hf/c1-13(2)11-18(12-14(3)4)17-9-15-7-5-6-8-16(15)10-17;1-3-7-12-10(5-1)9-11-6-2-4-8-13(11)12;;;/h5-10,13-14H,11-12H2,1-4H3;1-9H;2*1H;/q2*-1;;;+4/p-2. The van der Waals surface area contributed by atoms with E-state index in [1.54, 1.807) is 5.30 Å². The molecule has 0 N–H and O–H groups in total. The van der Waals surface area contributed by atoms with Crippen LogP contribution in [0.3, 0.4) is 0 Å². The average Bonchev–Trinajstić information content (AvgIpc) is 3.34. The summed E-state index contributed by atoms with van der Waals surface area (Å²) in [7, 11) is 0.0185. The van der Waals surface area contributed by atoms with E-state index in [-0.39, 0.29) is 58.6 Å². The van der Waals surface area contributed by atoms with Gasteiger partial charge in [0, 0.05) is 0 Å². The molecule has 0 saturated carbocycles. The first-order chi connectivity index (χ1) is 15.0. The summed E-state index contributed by atoms with van der Waals surface area (Å²) in [4.78, 5) is 0. The fraction of sp³-hybridized carbons (Fsp3) is 0.267. The zero-order chi connectivity index (χ0) is 21.8. The molecule has 0 heterocycles. The molecule has 0 saturated heterocycles. The van der Waals surface area contributed by atoms with Gasteiger partial charge in [-0.2, -0.15) is 6.07 Å². The fourth-order valence-electron chi connectivity index (χ4n) is 4.39. The van der Waals surface area contributed by atoms with Crippen LogP contribution in [0, 0.1) is 11.8 Å². The van der Waals surface area contributed by atoms with Gasteiger partial charge in [-0.1, -0.05) is 78.1 Å². The van der Waals surface area contributed by atoms with E-state index >= 15 is 0 Å². The zero-order valence-electron chi connectivity index (χ0n) is 20.4. The second-order valence-electron chi connectivity index (χ2n) is 9.35. The Labute approximate surface area is 237 Å². The van der Waals surface area contributed by atoms with E-state index in [1.807, 2.05) is 0 Å². The Morgan fingerprint density at radius 3 is 1.53 bits per heavy atom. The summed E-state index contributed by atoms with van der Waals surface area (Å²) in [6.07, 6.45) is 2.73. The summed E-state index contributed by atoms with van der Waals surface area (Å²) in [5.74, 6) is 1.60. The van der Waals surface area contributed by atoms with E-state index in [2.05, 4.69) is 119 Å². The summed E-state index contributed by atoms with van der Waals surface area (Å²) in [6.45, 7) is 9.38. The SMILES string of the molecule is CC(C)CP(CC(C)C)c1cc2ccccc2[cH-]1.[Cl-].[Cl-].[Hf+4].c1ccc2c(c1)[cH-]c1ccccc12. The van der Waals surface area contributed by atoms with Crippen LogP contribution in [0.5, 0.6) is 0 Å². The molecule has 0 aliphatic carbocycles. The van der Waals surface area contributed by atoms with Crippen molar-refractivity contribution in [3.8, 4) is 0 Å². The van der Waals surface area contributed by atoms with Crippen molar-refractivity contribution in [3.05, 3.63) is 91.0 Å². The molecule has 0 aliphatic heterocycles. The van der Waals surface area contributed by atoms with Gasteiger partial charge in [-0.15, -0.1) is 80.1 Å². The maximum absolute atomic E-state index is 2.42. The van der Waals surface area contributed by atoms with E-state index in [4.69, 9.17) is 0 Å². The Morgan fingerprint density at radius 1 is 0.618 bits per heavy atom. The van der Waals surface area contributed by atoms with Gasteiger partial charge >= 0.3 is 25.8 Å². The predicted octanol–water partition coefficient (Wildman–Crippen LogP) is 2.70. The Balaban J connectivity index is 0.000000323. The number of hydrogen-bond donors (Lipinski definition) is 0. The molecule has 5 rings (SSSR count). The molecule has 0 amide bonds. The summed E-state index contributed by atoms with van der Waals surface area (Å²) in [5, 5.41) is 9.82. The van der Waals surface area contributed by atoms with Crippen LogP contribution in [-0.4, -0.2) is 12.3 Å². The normalized spacial score (nSPS) is 10.7. The van der Waals surface area contributed by atoms with Crippen LogP contribution < -0.4 is 30.1 Å². The molecule has 0 aliphatic rings. The molecule has 5 aromatic rings. The van der Waals surface area contributed by atoms with E-state index in [0.29, 0.717) is 0 Å². The van der Waals surface area contributed by atoms with Gasteiger partial charge in [-0.25, -0.2) is 0 Å². The molecular formula is C30H33Cl2HfP. The van der Waals surface area contributed by atoms with E-state index < -0.39 is 0 Å². The van der Waals surface area contributed by atoms with Crippen LogP contribution in [0.1, 0.15) is 27.7 Å². The monoisotopic (exact) mass is 674 g/mol. The van der Waals surface area contributed by atoms with Crippen molar-refractivity contribution in [1.29, 1.82) is 0 Å². The summed E-state index contributed by atoms with van der Waals surface area (Å²) < 4.78 is 0. The first kappa shape index (κ1) is 31.1. The van der Waals surface area contributed by atoms with E-state index in [1.165, 1.54) is 44.6 Å². The minimum absolute atomic E-state index is 0. The maximum Gasteiger partial charge on any atom is 4.00 e. The van der Waals surface area contributed by atoms with Gasteiger partial charge in [0.25, 0.3) is 0 Å². The van der Waals surface area contributed by atoms with Gasteiger partial charge in [-0.3, -0.25) is 0 Å². The van der Waals surface area contributed by atoms with Crippen molar-refractivity contribution < 1.29 is 50.7 Å². The molecule has 176 valence electrons. The number of benzene rings is 3. The fourth-order valence-corrected chi connectivity index (χ4v) is 7.36. The maximum atomic E-state index is 2.42. The molecule has 0 radical (unpaired) electrons. The first-order valence-electron chi connectivity index (χ1n) is 11.4. The van der Waals surface area contributed by atoms with Crippen molar-refractivity contribution in [2.75, 3.05) is 12.3 Å². The molecule has 4 heteroatoms. The third-order valence-electron chi connectivity index (χ3n) is 5.66. The Morgan fingerprint density at radius 2 is 1.06 bits per heavy atom. The summed E-state index contributed by atoms with van der Waals surface area (Å²) in [6, 6.07) is 32.9. The van der Waals surface area contributed by atoms with E-state index in [9.17, 15) is 0 Å². The minimum atomic E-state index is 0. The van der Waals surface area contributed by atoms with E-state index in [0.717, 1.165) is 11.8 Å². The molecule has 34 heavy (non-hydrogen) atoms. The van der Waals surface area contributed by atoms with Gasteiger partial charge in [0.2, 0.25) is 0 Å². The second kappa shape index (κ2) is 14.5. The Hall–Kier alpha value is -0.980. The van der Waals surface area contributed by atoms with Gasteiger partial charge in [0.15, 0.2) is 0 Å². The summed E-state index contributed by atoms with van der Waals surface area (Å²) in [5.41, 5.74) is 0. The number of rotatable bonds is 5. The van der Waals surface area contributed by atoms with Crippen molar-refractivity contribution in [2.24, 2.45) is 11.8 Å².